The van der Waals surface area contributed by atoms with E-state index in [0.29, 0.717) is 32.5 Å². The van der Waals surface area contributed by atoms with Gasteiger partial charge >= 0.3 is 5.97 Å². The van der Waals surface area contributed by atoms with Crippen LogP contribution in [0, 0.1) is 12.3 Å². The number of aliphatic carboxylic acids is 1. The van der Waals surface area contributed by atoms with Gasteiger partial charge in [0.1, 0.15) is 5.41 Å². The highest BCUT2D eigenvalue weighted by molar-refractivity contribution is 5.76. The number of hydrogen-bond donors (Lipinski definition) is 3. The van der Waals surface area contributed by atoms with E-state index >= 15 is 0 Å². The molecule has 3 rings (SSSR count). The van der Waals surface area contributed by atoms with Crippen molar-refractivity contribution in [2.75, 3.05) is 13.1 Å². The maximum Gasteiger partial charge on any atom is 0.312 e. The second kappa shape index (κ2) is 6.75. The summed E-state index contributed by atoms with van der Waals surface area (Å²) in [5.74, 6) is -0.922. The number of likely N-dealkylation sites (tertiary alicyclic amines) is 1. The van der Waals surface area contributed by atoms with Crippen LogP contribution in [0.15, 0.2) is 36.7 Å². The van der Waals surface area contributed by atoms with Crippen molar-refractivity contribution in [3.63, 3.8) is 0 Å². The number of aliphatic hydroxyl groups is 1. The number of carboxylic acids is 1. The molecule has 1 saturated heterocycles. The summed E-state index contributed by atoms with van der Waals surface area (Å²) in [6, 6.07) is 9.52. The Bertz CT molecular complexity index is 701. The summed E-state index contributed by atoms with van der Waals surface area (Å²) in [7, 11) is 0. The van der Waals surface area contributed by atoms with E-state index in [1.54, 1.807) is 6.33 Å². The zero-order chi connectivity index (χ0) is 17.2. The number of H-pyrrole nitrogens is 1. The molecule has 1 aliphatic heterocycles. The molecule has 2 aromatic rings. The van der Waals surface area contributed by atoms with E-state index in [4.69, 9.17) is 0 Å². The van der Waals surface area contributed by atoms with Crippen LogP contribution in [0.4, 0.5) is 0 Å². The standard InChI is InChI=1S/C18H23N3O3/c1-13-15(20-12-19-13)10-21-8-7-18(17(23)24,16(22)11-21)9-14-5-3-2-4-6-14/h2-6,12,16,22H,7-11H2,1H3,(H,19,20)(H,23,24)/t16-,18-/m1/s1. The van der Waals surface area contributed by atoms with Crippen LogP contribution in [0.2, 0.25) is 0 Å². The second-order valence-electron chi connectivity index (χ2n) is 6.60. The fourth-order valence-corrected chi connectivity index (χ4v) is 3.43. The maximum absolute atomic E-state index is 12.0. The molecule has 1 aliphatic rings. The lowest BCUT2D eigenvalue weighted by molar-refractivity contribution is -0.163. The van der Waals surface area contributed by atoms with Crippen molar-refractivity contribution in [2.45, 2.75) is 32.4 Å². The molecule has 6 heteroatoms. The molecular weight excluding hydrogens is 306 g/mol. The molecule has 6 nitrogen and oxygen atoms in total. The quantitative estimate of drug-likeness (QED) is 0.775. The number of aliphatic hydroxyl groups excluding tert-OH is 1. The highest BCUT2D eigenvalue weighted by Gasteiger charge is 2.48. The van der Waals surface area contributed by atoms with Gasteiger partial charge in [-0.3, -0.25) is 9.69 Å². The third-order valence-corrected chi connectivity index (χ3v) is 5.04. The molecule has 0 spiro atoms. The van der Waals surface area contributed by atoms with Crippen LogP contribution in [-0.4, -0.2) is 50.2 Å². The number of carboxylic acid groups (broad SMARTS) is 1. The maximum atomic E-state index is 12.0. The molecule has 1 aromatic carbocycles. The minimum absolute atomic E-state index is 0.339. The second-order valence-corrected chi connectivity index (χ2v) is 6.60. The third-order valence-electron chi connectivity index (χ3n) is 5.04. The van der Waals surface area contributed by atoms with Gasteiger partial charge in [-0.05, 0) is 31.9 Å². The van der Waals surface area contributed by atoms with Crippen LogP contribution in [0.5, 0.6) is 0 Å². The Balaban J connectivity index is 1.74. The molecular formula is C18H23N3O3. The molecule has 0 unspecified atom stereocenters. The molecule has 128 valence electrons. The molecule has 0 amide bonds. The van der Waals surface area contributed by atoms with E-state index < -0.39 is 17.5 Å². The Morgan fingerprint density at radius 3 is 2.75 bits per heavy atom. The number of rotatable bonds is 5. The highest BCUT2D eigenvalue weighted by atomic mass is 16.4. The molecule has 0 bridgehead atoms. The van der Waals surface area contributed by atoms with Crippen LogP contribution in [-0.2, 0) is 17.8 Å². The fourth-order valence-electron chi connectivity index (χ4n) is 3.43. The number of piperidine rings is 1. The SMILES string of the molecule is Cc1[nH]cnc1CN1CC[C@](Cc2ccccc2)(C(=O)O)[C@H](O)C1. The minimum atomic E-state index is -1.13. The van der Waals surface area contributed by atoms with Gasteiger partial charge in [0.05, 0.1) is 18.1 Å². The van der Waals surface area contributed by atoms with Gasteiger partial charge in [-0.15, -0.1) is 0 Å². The number of nitrogens with zero attached hydrogens (tertiary/aromatic N) is 2. The number of hydrogen-bond acceptors (Lipinski definition) is 4. The molecule has 1 aromatic heterocycles. The minimum Gasteiger partial charge on any atom is -0.481 e. The van der Waals surface area contributed by atoms with Crippen molar-refractivity contribution in [1.29, 1.82) is 0 Å². The van der Waals surface area contributed by atoms with E-state index in [9.17, 15) is 15.0 Å². The molecule has 0 radical (unpaired) electrons. The lowest BCUT2D eigenvalue weighted by atomic mass is 9.71. The van der Waals surface area contributed by atoms with Crippen molar-refractivity contribution in [1.82, 2.24) is 14.9 Å². The van der Waals surface area contributed by atoms with Crippen molar-refractivity contribution >= 4 is 5.97 Å². The van der Waals surface area contributed by atoms with Crippen molar-refractivity contribution in [3.8, 4) is 0 Å². The summed E-state index contributed by atoms with van der Waals surface area (Å²) in [6.45, 7) is 3.54. The Morgan fingerprint density at radius 2 is 2.17 bits per heavy atom. The Morgan fingerprint density at radius 1 is 1.42 bits per heavy atom. The van der Waals surface area contributed by atoms with E-state index in [-0.39, 0.29) is 0 Å². The van der Waals surface area contributed by atoms with Crippen molar-refractivity contribution in [3.05, 3.63) is 53.6 Å². The number of aromatic amines is 1. The summed E-state index contributed by atoms with van der Waals surface area (Å²) in [5.41, 5.74) is 1.76. The number of imidazole rings is 1. The van der Waals surface area contributed by atoms with Gasteiger partial charge < -0.3 is 15.2 Å². The van der Waals surface area contributed by atoms with Crippen LogP contribution in [0.25, 0.3) is 0 Å². The van der Waals surface area contributed by atoms with E-state index in [0.717, 1.165) is 17.0 Å². The first-order valence-electron chi connectivity index (χ1n) is 8.18. The molecule has 24 heavy (non-hydrogen) atoms. The van der Waals surface area contributed by atoms with Crippen LogP contribution < -0.4 is 0 Å². The molecule has 3 N–H and O–H groups in total. The predicted octanol–water partition coefficient (Wildman–Crippen LogP) is 1.60. The molecule has 1 fully saturated rings. The average molecular weight is 329 g/mol. The zero-order valence-electron chi connectivity index (χ0n) is 13.8. The zero-order valence-corrected chi connectivity index (χ0v) is 13.8. The Kier molecular flexibility index (Phi) is 4.69. The molecule has 0 saturated carbocycles. The summed E-state index contributed by atoms with van der Waals surface area (Å²) < 4.78 is 0. The smallest absolute Gasteiger partial charge is 0.312 e. The molecule has 0 aliphatic carbocycles. The van der Waals surface area contributed by atoms with Crippen molar-refractivity contribution < 1.29 is 15.0 Å². The molecule has 2 heterocycles. The number of aryl methyl sites for hydroxylation is 1. The first-order valence-corrected chi connectivity index (χ1v) is 8.18. The highest BCUT2D eigenvalue weighted by Crippen LogP contribution is 2.36. The number of aromatic nitrogens is 2. The summed E-state index contributed by atoms with van der Waals surface area (Å²) in [4.78, 5) is 21.4. The number of nitrogens with one attached hydrogen (secondary N) is 1. The van der Waals surface area contributed by atoms with Crippen LogP contribution >= 0.6 is 0 Å². The topological polar surface area (TPSA) is 89.5 Å². The van der Waals surface area contributed by atoms with Gasteiger partial charge in [-0.1, -0.05) is 30.3 Å². The van der Waals surface area contributed by atoms with Gasteiger partial charge in [0.25, 0.3) is 0 Å². The van der Waals surface area contributed by atoms with E-state index in [2.05, 4.69) is 14.9 Å². The number of benzene rings is 1. The Labute approximate surface area is 141 Å². The van der Waals surface area contributed by atoms with Crippen LogP contribution in [0.3, 0.4) is 0 Å². The van der Waals surface area contributed by atoms with E-state index in [1.807, 2.05) is 37.3 Å². The predicted molar refractivity (Wildman–Crippen MR) is 89.4 cm³/mol. The van der Waals surface area contributed by atoms with E-state index in [1.165, 1.54) is 0 Å². The number of carbonyl (C=O) groups is 1. The van der Waals surface area contributed by atoms with Crippen LogP contribution in [0.1, 0.15) is 23.4 Å². The van der Waals surface area contributed by atoms with Gasteiger partial charge in [0.15, 0.2) is 0 Å². The fraction of sp³-hybridized carbons (Fsp3) is 0.444. The Hall–Kier alpha value is -2.18. The largest absolute Gasteiger partial charge is 0.481 e. The average Bonchev–Trinajstić information content (AvgIpc) is 2.96. The first-order chi connectivity index (χ1) is 11.5. The lowest BCUT2D eigenvalue weighted by Gasteiger charge is -2.42. The summed E-state index contributed by atoms with van der Waals surface area (Å²) in [5, 5.41) is 20.5. The third kappa shape index (κ3) is 3.20. The van der Waals surface area contributed by atoms with Gasteiger partial charge in [0, 0.05) is 18.8 Å². The summed E-state index contributed by atoms with van der Waals surface area (Å²) >= 11 is 0. The monoisotopic (exact) mass is 329 g/mol. The van der Waals surface area contributed by atoms with Gasteiger partial charge in [-0.25, -0.2) is 4.98 Å². The normalized spacial score (nSPS) is 24.8. The van der Waals surface area contributed by atoms with Gasteiger partial charge in [0.2, 0.25) is 0 Å². The first kappa shape index (κ1) is 16.7. The molecule has 2 atom stereocenters. The lowest BCUT2D eigenvalue weighted by Crippen LogP contribution is -2.55. The summed E-state index contributed by atoms with van der Waals surface area (Å²) in [6.07, 6.45) is 1.51. The van der Waals surface area contributed by atoms with Gasteiger partial charge in [-0.2, -0.15) is 0 Å². The van der Waals surface area contributed by atoms with Crippen molar-refractivity contribution in [2.24, 2.45) is 5.41 Å². The number of β-amino-alcohol motifs (C(OH)–C–C–N with tert-alkyl or cyclic N) is 1.